The van der Waals surface area contributed by atoms with Crippen LogP contribution in [-0.4, -0.2) is 29.2 Å². The summed E-state index contributed by atoms with van der Waals surface area (Å²) in [7, 11) is 0. The third kappa shape index (κ3) is 3.17. The number of morpholine rings is 1. The Morgan fingerprint density at radius 1 is 1.00 bits per heavy atom. The van der Waals surface area contributed by atoms with Crippen LogP contribution >= 0.6 is 0 Å². The normalized spacial score (nSPS) is 20.8. The Labute approximate surface area is 144 Å². The van der Waals surface area contributed by atoms with Crippen LogP contribution in [0.1, 0.15) is 18.6 Å². The van der Waals surface area contributed by atoms with Gasteiger partial charge in [-0.15, -0.1) is 0 Å². The van der Waals surface area contributed by atoms with Gasteiger partial charge in [0, 0.05) is 18.5 Å². The Morgan fingerprint density at radius 3 is 2.56 bits per heavy atom. The van der Waals surface area contributed by atoms with E-state index in [0.29, 0.717) is 29.8 Å². The third-order valence-electron chi connectivity index (χ3n) is 4.38. The van der Waals surface area contributed by atoms with E-state index >= 15 is 0 Å². The van der Waals surface area contributed by atoms with Crippen LogP contribution in [0.25, 0.3) is 10.9 Å². The topological polar surface area (TPSA) is 38.2 Å². The Hall–Kier alpha value is -2.60. The summed E-state index contributed by atoms with van der Waals surface area (Å²) in [5, 5.41) is 0.675. The maximum absolute atomic E-state index is 13.7. The zero-order valence-corrected chi connectivity index (χ0v) is 13.7. The van der Waals surface area contributed by atoms with Crippen molar-refractivity contribution < 1.29 is 13.5 Å². The molecule has 0 amide bonds. The summed E-state index contributed by atoms with van der Waals surface area (Å²) in [4.78, 5) is 10.7. The molecular formula is C19H17F2N3O. The fourth-order valence-corrected chi connectivity index (χ4v) is 3.25. The number of halogens is 2. The van der Waals surface area contributed by atoms with E-state index in [2.05, 4.69) is 14.9 Å². The van der Waals surface area contributed by atoms with E-state index in [9.17, 15) is 8.78 Å². The molecule has 2 atom stereocenters. The van der Waals surface area contributed by atoms with Gasteiger partial charge in [-0.1, -0.05) is 12.1 Å². The van der Waals surface area contributed by atoms with Crippen LogP contribution in [0.2, 0.25) is 0 Å². The highest BCUT2D eigenvalue weighted by molar-refractivity contribution is 5.89. The van der Waals surface area contributed by atoms with Crippen molar-refractivity contribution in [1.82, 2.24) is 9.97 Å². The molecule has 0 radical (unpaired) electrons. The molecule has 2 aromatic carbocycles. The third-order valence-corrected chi connectivity index (χ3v) is 4.38. The molecule has 1 aliphatic rings. The average Bonchev–Trinajstić information content (AvgIpc) is 2.61. The van der Waals surface area contributed by atoms with E-state index in [1.165, 1.54) is 30.6 Å². The van der Waals surface area contributed by atoms with Gasteiger partial charge in [-0.2, -0.15) is 0 Å². The van der Waals surface area contributed by atoms with E-state index in [1.807, 2.05) is 6.92 Å². The fraction of sp³-hybridized carbons (Fsp3) is 0.263. The number of rotatable bonds is 2. The summed E-state index contributed by atoms with van der Waals surface area (Å²) < 4.78 is 32.9. The smallest absolute Gasteiger partial charge is 0.140 e. The van der Waals surface area contributed by atoms with Gasteiger partial charge in [-0.05, 0) is 42.8 Å². The first-order valence-electron chi connectivity index (χ1n) is 8.16. The molecule has 1 aromatic heterocycles. The van der Waals surface area contributed by atoms with E-state index in [0.717, 1.165) is 5.56 Å². The van der Waals surface area contributed by atoms with Gasteiger partial charge in [-0.25, -0.2) is 18.7 Å². The molecule has 2 unspecified atom stereocenters. The second-order valence-corrected chi connectivity index (χ2v) is 6.25. The molecule has 1 saturated heterocycles. The lowest BCUT2D eigenvalue weighted by Gasteiger charge is -2.38. The summed E-state index contributed by atoms with van der Waals surface area (Å²) >= 11 is 0. The Kier molecular flexibility index (Phi) is 4.05. The Bertz CT molecular complexity index is 901. The monoisotopic (exact) mass is 341 g/mol. The molecule has 0 N–H and O–H groups in total. The Morgan fingerprint density at radius 2 is 1.76 bits per heavy atom. The minimum Gasteiger partial charge on any atom is -0.367 e. The van der Waals surface area contributed by atoms with Crippen LogP contribution in [0.4, 0.5) is 14.6 Å². The highest BCUT2D eigenvalue weighted by Gasteiger charge is 2.28. The summed E-state index contributed by atoms with van der Waals surface area (Å²) in [6.45, 7) is 3.17. The molecule has 0 aliphatic carbocycles. The van der Waals surface area contributed by atoms with Gasteiger partial charge < -0.3 is 9.64 Å². The van der Waals surface area contributed by atoms with Gasteiger partial charge >= 0.3 is 0 Å². The van der Waals surface area contributed by atoms with Crippen molar-refractivity contribution in [2.75, 3.05) is 18.0 Å². The van der Waals surface area contributed by atoms with Crippen molar-refractivity contribution >= 4 is 16.7 Å². The minimum atomic E-state index is -0.319. The molecule has 4 rings (SSSR count). The van der Waals surface area contributed by atoms with Crippen molar-refractivity contribution in [3.63, 3.8) is 0 Å². The lowest BCUT2D eigenvalue weighted by Crippen LogP contribution is -2.43. The first kappa shape index (κ1) is 15.9. The van der Waals surface area contributed by atoms with Gasteiger partial charge in [0.15, 0.2) is 0 Å². The molecule has 1 aliphatic heterocycles. The fourth-order valence-electron chi connectivity index (χ4n) is 3.25. The Balaban J connectivity index is 1.70. The van der Waals surface area contributed by atoms with Gasteiger partial charge in [0.25, 0.3) is 0 Å². The van der Waals surface area contributed by atoms with Crippen LogP contribution in [-0.2, 0) is 4.74 Å². The van der Waals surface area contributed by atoms with Crippen molar-refractivity contribution in [1.29, 1.82) is 0 Å². The standard InChI is InChI=1S/C19H17F2N3O/c1-12-9-24(10-18(25-12)13-2-4-14(20)5-3-13)19-16-8-15(21)6-7-17(16)22-11-23-19/h2-8,11-12,18H,9-10H2,1H3. The number of hydrogen-bond acceptors (Lipinski definition) is 4. The number of hydrogen-bond donors (Lipinski definition) is 0. The predicted molar refractivity (Wildman–Crippen MR) is 91.4 cm³/mol. The summed E-state index contributed by atoms with van der Waals surface area (Å²) in [5.41, 5.74) is 1.60. The molecule has 3 aromatic rings. The average molecular weight is 341 g/mol. The quantitative estimate of drug-likeness (QED) is 0.709. The molecule has 128 valence electrons. The van der Waals surface area contributed by atoms with Gasteiger partial charge in [0.1, 0.15) is 29.9 Å². The number of benzene rings is 2. The van der Waals surface area contributed by atoms with Gasteiger partial charge in [-0.3, -0.25) is 0 Å². The molecule has 0 spiro atoms. The number of anilines is 1. The molecule has 0 bridgehead atoms. The largest absolute Gasteiger partial charge is 0.367 e. The van der Waals surface area contributed by atoms with Gasteiger partial charge in [0.2, 0.25) is 0 Å². The first-order chi connectivity index (χ1) is 12.1. The lowest BCUT2D eigenvalue weighted by atomic mass is 10.1. The van der Waals surface area contributed by atoms with Crippen molar-refractivity contribution in [2.45, 2.75) is 19.1 Å². The summed E-state index contributed by atoms with van der Waals surface area (Å²) in [6.07, 6.45) is 1.24. The first-order valence-corrected chi connectivity index (χ1v) is 8.16. The maximum atomic E-state index is 13.7. The van der Waals surface area contributed by atoms with E-state index in [4.69, 9.17) is 4.74 Å². The minimum absolute atomic E-state index is 0.0395. The molecule has 4 nitrogen and oxygen atoms in total. The zero-order chi connectivity index (χ0) is 17.4. The number of aromatic nitrogens is 2. The van der Waals surface area contributed by atoms with Gasteiger partial charge in [0.05, 0.1) is 11.6 Å². The van der Waals surface area contributed by atoms with E-state index in [-0.39, 0.29) is 23.8 Å². The summed E-state index contributed by atoms with van der Waals surface area (Å²) in [6, 6.07) is 10.8. The molecule has 0 saturated carbocycles. The van der Waals surface area contributed by atoms with Crippen LogP contribution in [0, 0.1) is 11.6 Å². The van der Waals surface area contributed by atoms with Crippen LogP contribution in [0.15, 0.2) is 48.8 Å². The summed E-state index contributed by atoms with van der Waals surface area (Å²) in [5.74, 6) is 0.0911. The van der Waals surface area contributed by atoms with E-state index in [1.54, 1.807) is 18.2 Å². The lowest BCUT2D eigenvalue weighted by molar-refractivity contribution is -0.0175. The van der Waals surface area contributed by atoms with Crippen molar-refractivity contribution in [3.8, 4) is 0 Å². The zero-order valence-electron chi connectivity index (χ0n) is 13.7. The molecule has 2 heterocycles. The van der Waals surface area contributed by atoms with Crippen LogP contribution < -0.4 is 4.90 Å². The highest BCUT2D eigenvalue weighted by atomic mass is 19.1. The second-order valence-electron chi connectivity index (χ2n) is 6.25. The predicted octanol–water partition coefficient (Wildman–Crippen LogP) is 3.87. The molecule has 6 heteroatoms. The van der Waals surface area contributed by atoms with Crippen molar-refractivity contribution in [2.24, 2.45) is 0 Å². The molecule has 1 fully saturated rings. The second kappa shape index (κ2) is 6.37. The maximum Gasteiger partial charge on any atom is 0.140 e. The highest BCUT2D eigenvalue weighted by Crippen LogP contribution is 2.31. The molecule has 25 heavy (non-hydrogen) atoms. The SMILES string of the molecule is CC1CN(c2ncnc3ccc(F)cc23)CC(c2ccc(F)cc2)O1. The number of nitrogens with zero attached hydrogens (tertiary/aromatic N) is 3. The van der Waals surface area contributed by atoms with Crippen LogP contribution in [0.5, 0.6) is 0 Å². The van der Waals surface area contributed by atoms with Crippen LogP contribution in [0.3, 0.4) is 0 Å². The van der Waals surface area contributed by atoms with Crippen molar-refractivity contribution in [3.05, 3.63) is 66.0 Å². The molecular weight excluding hydrogens is 324 g/mol. The number of ether oxygens (including phenoxy) is 1. The van der Waals surface area contributed by atoms with E-state index < -0.39 is 0 Å². The number of fused-ring (bicyclic) bond motifs is 1.